The Kier molecular flexibility index (Phi) is 8.67. The Hall–Kier alpha value is -1.32. The fourth-order valence-corrected chi connectivity index (χ4v) is 3.89. The van der Waals surface area contributed by atoms with E-state index in [9.17, 15) is 14.4 Å². The number of ether oxygens (including phenoxy) is 4. The first-order valence-electron chi connectivity index (χ1n) is 8.16. The van der Waals surface area contributed by atoms with E-state index < -0.39 is 41.6 Å². The van der Waals surface area contributed by atoms with E-state index in [1.807, 2.05) is 13.8 Å². The van der Waals surface area contributed by atoms with Crippen LogP contribution in [-0.2, 0) is 33.3 Å². The molecule has 0 aromatic heterocycles. The number of hydrogen-bond donors (Lipinski definition) is 1. The molecule has 0 saturated carbocycles. The standard InChI is InChI=1S/C16H27NO7S/c1-6-12-8(2)13(22-9(3)18)14(23-10(4)19)16(24-12)25-7-11(17)15(20)21-5/h8,11-14,16H,6-7,17H2,1-5H3/t8-,11+,12-,13+,14-,16+/m1/s1. The van der Waals surface area contributed by atoms with E-state index in [1.54, 1.807) is 0 Å². The van der Waals surface area contributed by atoms with Crippen molar-refractivity contribution in [1.29, 1.82) is 0 Å². The molecule has 6 atom stereocenters. The Morgan fingerprint density at radius 3 is 2.20 bits per heavy atom. The van der Waals surface area contributed by atoms with Crippen LogP contribution in [0.3, 0.4) is 0 Å². The summed E-state index contributed by atoms with van der Waals surface area (Å²) in [6.45, 7) is 6.44. The van der Waals surface area contributed by atoms with E-state index in [1.165, 1.54) is 32.7 Å². The molecular formula is C16H27NO7S. The van der Waals surface area contributed by atoms with Gasteiger partial charge in [-0.3, -0.25) is 14.4 Å². The Labute approximate surface area is 152 Å². The second-order valence-corrected chi connectivity index (χ2v) is 7.05. The summed E-state index contributed by atoms with van der Waals surface area (Å²) in [4.78, 5) is 34.5. The summed E-state index contributed by atoms with van der Waals surface area (Å²) in [5, 5.41) is 0. The minimum absolute atomic E-state index is 0.149. The van der Waals surface area contributed by atoms with Crippen LogP contribution in [0.5, 0.6) is 0 Å². The molecule has 0 amide bonds. The Morgan fingerprint density at radius 1 is 1.16 bits per heavy atom. The molecule has 0 bridgehead atoms. The summed E-state index contributed by atoms with van der Waals surface area (Å²) < 4.78 is 21.4. The van der Waals surface area contributed by atoms with E-state index in [-0.39, 0.29) is 17.8 Å². The molecule has 0 unspecified atom stereocenters. The summed E-state index contributed by atoms with van der Waals surface area (Å²) in [5.74, 6) is -1.43. The lowest BCUT2D eigenvalue weighted by Crippen LogP contribution is -2.55. The highest BCUT2D eigenvalue weighted by molar-refractivity contribution is 7.99. The highest BCUT2D eigenvalue weighted by Gasteiger charge is 2.47. The summed E-state index contributed by atoms with van der Waals surface area (Å²) >= 11 is 1.23. The van der Waals surface area contributed by atoms with Crippen molar-refractivity contribution in [3.05, 3.63) is 0 Å². The number of methoxy groups -OCH3 is 1. The van der Waals surface area contributed by atoms with Gasteiger partial charge in [-0.25, -0.2) is 0 Å². The molecule has 1 aliphatic heterocycles. The van der Waals surface area contributed by atoms with Gasteiger partial charge in [-0.1, -0.05) is 13.8 Å². The highest BCUT2D eigenvalue weighted by Crippen LogP contribution is 2.36. The van der Waals surface area contributed by atoms with Crippen molar-refractivity contribution in [2.24, 2.45) is 11.7 Å². The van der Waals surface area contributed by atoms with Crippen molar-refractivity contribution in [3.8, 4) is 0 Å². The largest absolute Gasteiger partial charge is 0.468 e. The second kappa shape index (κ2) is 9.98. The van der Waals surface area contributed by atoms with Crippen LogP contribution in [0, 0.1) is 5.92 Å². The topological polar surface area (TPSA) is 114 Å². The molecule has 9 heteroatoms. The molecule has 0 aromatic rings. The van der Waals surface area contributed by atoms with Crippen molar-refractivity contribution in [2.45, 2.75) is 63.9 Å². The molecule has 1 saturated heterocycles. The van der Waals surface area contributed by atoms with Gasteiger partial charge >= 0.3 is 17.9 Å². The molecule has 1 aliphatic rings. The first-order valence-corrected chi connectivity index (χ1v) is 9.21. The minimum atomic E-state index is -0.830. The van der Waals surface area contributed by atoms with Crippen molar-refractivity contribution in [2.75, 3.05) is 12.9 Å². The van der Waals surface area contributed by atoms with Gasteiger partial charge in [0.25, 0.3) is 0 Å². The summed E-state index contributed by atoms with van der Waals surface area (Å²) in [6, 6.07) is -0.830. The molecular weight excluding hydrogens is 350 g/mol. The zero-order chi connectivity index (χ0) is 19.1. The maximum absolute atomic E-state index is 11.5. The molecule has 0 aliphatic carbocycles. The van der Waals surface area contributed by atoms with Crippen LogP contribution in [-0.4, -0.2) is 60.6 Å². The van der Waals surface area contributed by atoms with Gasteiger partial charge in [0.05, 0.1) is 13.2 Å². The van der Waals surface area contributed by atoms with E-state index in [4.69, 9.17) is 19.9 Å². The molecule has 0 radical (unpaired) electrons. The smallest absolute Gasteiger partial charge is 0.323 e. The van der Waals surface area contributed by atoms with Crippen LogP contribution in [0.4, 0.5) is 0 Å². The lowest BCUT2D eigenvalue weighted by Gasteiger charge is -2.44. The average molecular weight is 377 g/mol. The molecule has 8 nitrogen and oxygen atoms in total. The number of nitrogens with two attached hydrogens (primary N) is 1. The lowest BCUT2D eigenvalue weighted by atomic mass is 9.89. The van der Waals surface area contributed by atoms with Crippen molar-refractivity contribution < 1.29 is 33.3 Å². The number of carbonyl (C=O) groups is 3. The van der Waals surface area contributed by atoms with Crippen molar-refractivity contribution >= 4 is 29.7 Å². The third kappa shape index (κ3) is 6.16. The van der Waals surface area contributed by atoms with Gasteiger partial charge in [-0.15, -0.1) is 11.8 Å². The zero-order valence-corrected chi connectivity index (χ0v) is 16.0. The van der Waals surface area contributed by atoms with Crippen LogP contribution in [0.1, 0.15) is 34.1 Å². The number of esters is 3. The van der Waals surface area contributed by atoms with Crippen LogP contribution in [0.15, 0.2) is 0 Å². The van der Waals surface area contributed by atoms with Gasteiger partial charge < -0.3 is 24.7 Å². The van der Waals surface area contributed by atoms with Crippen LogP contribution < -0.4 is 5.73 Å². The molecule has 0 aromatic carbocycles. The van der Waals surface area contributed by atoms with Gasteiger partial charge in [-0.05, 0) is 6.42 Å². The average Bonchev–Trinajstić information content (AvgIpc) is 2.55. The predicted octanol–water partition coefficient (Wildman–Crippen LogP) is 0.854. The molecule has 0 spiro atoms. The normalized spacial score (nSPS) is 30.2. The maximum Gasteiger partial charge on any atom is 0.323 e. The third-order valence-corrected chi connectivity index (χ3v) is 5.22. The maximum atomic E-state index is 11.5. The second-order valence-electron chi connectivity index (χ2n) is 5.92. The predicted molar refractivity (Wildman–Crippen MR) is 91.7 cm³/mol. The fourth-order valence-electron chi connectivity index (χ4n) is 2.74. The van der Waals surface area contributed by atoms with Crippen LogP contribution in [0.2, 0.25) is 0 Å². The molecule has 25 heavy (non-hydrogen) atoms. The Bertz CT molecular complexity index is 487. The molecule has 144 valence electrons. The SMILES string of the molecule is CC[C@H]1O[C@@H](SC[C@H](N)C(=O)OC)[C@H](OC(C)=O)[C@@H](OC(C)=O)[C@@H]1C. The molecule has 1 fully saturated rings. The number of thioether (sulfide) groups is 1. The quantitative estimate of drug-likeness (QED) is 0.509. The first kappa shape index (κ1) is 21.7. The number of rotatable bonds is 7. The van der Waals surface area contributed by atoms with E-state index in [0.29, 0.717) is 6.42 Å². The van der Waals surface area contributed by atoms with Crippen LogP contribution in [0.25, 0.3) is 0 Å². The van der Waals surface area contributed by atoms with Gasteiger partial charge in [0.1, 0.15) is 17.6 Å². The summed E-state index contributed by atoms with van der Waals surface area (Å²) in [7, 11) is 1.26. The van der Waals surface area contributed by atoms with E-state index in [2.05, 4.69) is 4.74 Å². The zero-order valence-electron chi connectivity index (χ0n) is 15.2. The summed E-state index contributed by atoms with van der Waals surface area (Å²) in [5.41, 5.74) is 5.15. The Balaban J connectivity index is 2.97. The molecule has 2 N–H and O–H groups in total. The number of hydrogen-bond acceptors (Lipinski definition) is 9. The monoisotopic (exact) mass is 377 g/mol. The van der Waals surface area contributed by atoms with Gasteiger partial charge in [0, 0.05) is 25.5 Å². The lowest BCUT2D eigenvalue weighted by molar-refractivity contribution is -0.207. The minimum Gasteiger partial charge on any atom is -0.468 e. The molecule has 1 rings (SSSR count). The van der Waals surface area contributed by atoms with Crippen LogP contribution >= 0.6 is 11.8 Å². The first-order chi connectivity index (χ1) is 11.7. The Morgan fingerprint density at radius 2 is 1.72 bits per heavy atom. The van der Waals surface area contributed by atoms with E-state index in [0.717, 1.165) is 0 Å². The van der Waals surface area contributed by atoms with Gasteiger partial charge in [-0.2, -0.15) is 0 Å². The fraction of sp³-hybridized carbons (Fsp3) is 0.812. The number of carbonyl (C=O) groups excluding carboxylic acids is 3. The van der Waals surface area contributed by atoms with Crippen molar-refractivity contribution in [1.82, 2.24) is 0 Å². The summed E-state index contributed by atoms with van der Waals surface area (Å²) in [6.07, 6.45) is -0.893. The highest BCUT2D eigenvalue weighted by atomic mass is 32.2. The van der Waals surface area contributed by atoms with E-state index >= 15 is 0 Å². The van der Waals surface area contributed by atoms with Gasteiger partial charge in [0.2, 0.25) is 0 Å². The van der Waals surface area contributed by atoms with Gasteiger partial charge in [0.15, 0.2) is 6.10 Å². The van der Waals surface area contributed by atoms with Crippen molar-refractivity contribution in [3.63, 3.8) is 0 Å². The third-order valence-electron chi connectivity index (χ3n) is 3.96. The molecule has 1 heterocycles.